The number of thioether (sulfide) groups is 1. The summed E-state index contributed by atoms with van der Waals surface area (Å²) in [5.41, 5.74) is 1.39. The Balaban J connectivity index is 0.00000280. The van der Waals surface area contributed by atoms with Crippen LogP contribution >= 0.6 is 24.2 Å². The van der Waals surface area contributed by atoms with Crippen LogP contribution in [0.1, 0.15) is 27.2 Å². The summed E-state index contributed by atoms with van der Waals surface area (Å²) in [5, 5.41) is 26.5. The van der Waals surface area contributed by atoms with Gasteiger partial charge in [-0.05, 0) is 27.3 Å². The smallest absolute Gasteiger partial charge is 0.353 e. The van der Waals surface area contributed by atoms with Crippen molar-refractivity contribution >= 4 is 36.0 Å². The normalized spacial score (nSPS) is 33.5. The van der Waals surface area contributed by atoms with Gasteiger partial charge < -0.3 is 25.7 Å². The first-order valence-corrected chi connectivity index (χ1v) is 10.3. The molecular formula is C19H30ClN3O4S. The molecule has 158 valence electrons. The number of β-lactam (4-membered cyclic amide) rings is 1. The molecule has 4 N–H and O–H groups in total. The van der Waals surface area contributed by atoms with Crippen molar-refractivity contribution < 1.29 is 19.8 Å². The fraction of sp³-hybridized carbons (Fsp3) is 0.684. The first-order chi connectivity index (χ1) is 12.8. The number of carbonyl (C=O) groups excluding carboxylic acids is 1. The van der Waals surface area contributed by atoms with Crippen molar-refractivity contribution in [3.8, 4) is 0 Å². The maximum atomic E-state index is 12.4. The first kappa shape index (κ1) is 23.2. The number of aliphatic carboxylic acids is 1. The molecule has 0 aromatic carbocycles. The van der Waals surface area contributed by atoms with Crippen molar-refractivity contribution in [2.45, 2.75) is 50.6 Å². The predicted molar refractivity (Wildman–Crippen MR) is 112 cm³/mol. The van der Waals surface area contributed by atoms with Gasteiger partial charge in [-0.1, -0.05) is 18.6 Å². The number of halogens is 1. The number of carboxylic acid groups (broad SMARTS) is 1. The highest BCUT2D eigenvalue weighted by Gasteiger charge is 2.60. The lowest BCUT2D eigenvalue weighted by Crippen LogP contribution is -2.63. The number of aliphatic hydroxyl groups is 1. The van der Waals surface area contributed by atoms with Gasteiger partial charge in [0.1, 0.15) is 5.70 Å². The van der Waals surface area contributed by atoms with Gasteiger partial charge in [0.15, 0.2) is 0 Å². The number of carboxylic acids is 1. The lowest BCUT2D eigenvalue weighted by Gasteiger charge is -2.46. The molecule has 0 saturated carbocycles. The molecule has 7 nitrogen and oxygen atoms in total. The minimum Gasteiger partial charge on any atom is -0.477 e. The summed E-state index contributed by atoms with van der Waals surface area (Å²) in [7, 11) is 1.92. The summed E-state index contributed by atoms with van der Waals surface area (Å²) >= 11 is 1.58. The molecule has 3 aliphatic heterocycles. The second kappa shape index (κ2) is 9.17. The number of aliphatic hydroxyl groups excluding tert-OH is 1. The monoisotopic (exact) mass is 431 g/mol. The van der Waals surface area contributed by atoms with Crippen LogP contribution in [-0.4, -0.2) is 70.6 Å². The molecule has 1 amide bonds. The number of fused-ring (bicyclic) bond motifs is 1. The summed E-state index contributed by atoms with van der Waals surface area (Å²) in [6, 6.07) is 0.0411. The Morgan fingerprint density at radius 3 is 2.75 bits per heavy atom. The Kier molecular flexibility index (Phi) is 7.61. The van der Waals surface area contributed by atoms with Gasteiger partial charge in [-0.3, -0.25) is 4.79 Å². The number of amides is 1. The fourth-order valence-electron chi connectivity index (χ4n) is 4.49. The third-order valence-electron chi connectivity index (χ3n) is 5.67. The average molecular weight is 432 g/mol. The quantitative estimate of drug-likeness (QED) is 0.354. The SMILES string of the molecule is CNC/C(C)=C\[C@@H]1C[C@H](SC2=C(C(=O)O)N3C(=O)[C@H]([C@@H](C)O)[C@H]3[C@H]2C)CN1.Cl. The van der Waals surface area contributed by atoms with E-state index in [2.05, 4.69) is 23.6 Å². The summed E-state index contributed by atoms with van der Waals surface area (Å²) < 4.78 is 0. The Morgan fingerprint density at radius 1 is 1.50 bits per heavy atom. The van der Waals surface area contributed by atoms with Crippen molar-refractivity contribution in [3.05, 3.63) is 22.3 Å². The summed E-state index contributed by atoms with van der Waals surface area (Å²) in [6.07, 6.45) is 2.38. The summed E-state index contributed by atoms with van der Waals surface area (Å²) in [6.45, 7) is 7.31. The number of nitrogens with zero attached hydrogens (tertiary/aromatic N) is 1. The third kappa shape index (κ3) is 4.11. The second-order valence-corrected chi connectivity index (χ2v) is 9.15. The van der Waals surface area contributed by atoms with E-state index >= 15 is 0 Å². The standard InChI is InChI=1S/C19H29N3O4S.ClH/c1-9(7-20-4)5-12-6-13(8-21-12)27-17-10(2)15-14(11(3)23)18(24)22(15)16(17)19(25)26;/h5,10-15,20-21,23H,6-8H2,1-4H3,(H,25,26);1H/b9-5-;/t10-,11-,12-,13+,14-,15-;/m1./s1. The molecule has 2 saturated heterocycles. The number of hydrogen-bond acceptors (Lipinski definition) is 6. The molecule has 0 bridgehead atoms. The molecule has 28 heavy (non-hydrogen) atoms. The minimum absolute atomic E-state index is 0. The number of likely N-dealkylation sites (N-methyl/N-ethyl adjacent to an activating group) is 1. The Morgan fingerprint density at radius 2 is 2.18 bits per heavy atom. The Hall–Kier alpha value is -1.06. The molecule has 0 aromatic rings. The maximum absolute atomic E-state index is 12.4. The molecule has 0 aliphatic carbocycles. The van der Waals surface area contributed by atoms with Crippen LogP contribution < -0.4 is 10.6 Å². The zero-order valence-electron chi connectivity index (χ0n) is 16.6. The molecule has 6 atom stereocenters. The highest BCUT2D eigenvalue weighted by atomic mass is 35.5. The van der Waals surface area contributed by atoms with Crippen LogP contribution in [0, 0.1) is 11.8 Å². The van der Waals surface area contributed by atoms with E-state index in [4.69, 9.17) is 0 Å². The van der Waals surface area contributed by atoms with Crippen molar-refractivity contribution in [1.82, 2.24) is 15.5 Å². The maximum Gasteiger partial charge on any atom is 0.353 e. The number of carbonyl (C=O) groups is 2. The largest absolute Gasteiger partial charge is 0.477 e. The van der Waals surface area contributed by atoms with Gasteiger partial charge in [-0.25, -0.2) is 4.79 Å². The molecule has 0 unspecified atom stereocenters. The van der Waals surface area contributed by atoms with Crippen LogP contribution in [0.4, 0.5) is 0 Å². The van der Waals surface area contributed by atoms with Gasteiger partial charge in [0, 0.05) is 35.2 Å². The first-order valence-electron chi connectivity index (χ1n) is 9.46. The van der Waals surface area contributed by atoms with Crippen molar-refractivity contribution in [3.63, 3.8) is 0 Å². The third-order valence-corrected chi connectivity index (χ3v) is 7.18. The zero-order valence-corrected chi connectivity index (χ0v) is 18.3. The number of rotatable bonds is 7. The molecular weight excluding hydrogens is 402 g/mol. The number of hydrogen-bond donors (Lipinski definition) is 4. The van der Waals surface area contributed by atoms with E-state index in [9.17, 15) is 19.8 Å². The van der Waals surface area contributed by atoms with Crippen molar-refractivity contribution in [1.29, 1.82) is 0 Å². The topological polar surface area (TPSA) is 102 Å². The molecule has 0 spiro atoms. The van der Waals surface area contributed by atoms with Gasteiger partial charge in [0.2, 0.25) is 5.91 Å². The lowest BCUT2D eigenvalue weighted by molar-refractivity contribution is -0.163. The van der Waals surface area contributed by atoms with E-state index in [0.717, 1.165) is 24.4 Å². The van der Waals surface area contributed by atoms with Gasteiger partial charge in [-0.15, -0.1) is 24.2 Å². The van der Waals surface area contributed by atoms with Gasteiger partial charge in [0.05, 0.1) is 18.1 Å². The Bertz CT molecular complexity index is 697. The second-order valence-electron chi connectivity index (χ2n) is 7.81. The van der Waals surface area contributed by atoms with E-state index in [0.29, 0.717) is 0 Å². The van der Waals surface area contributed by atoms with E-state index in [1.807, 2.05) is 14.0 Å². The number of nitrogens with one attached hydrogen (secondary N) is 2. The van der Waals surface area contributed by atoms with Crippen LogP contribution in [0.3, 0.4) is 0 Å². The molecule has 9 heteroatoms. The Labute approximate surface area is 176 Å². The predicted octanol–water partition coefficient (Wildman–Crippen LogP) is 1.19. The molecule has 3 rings (SSSR count). The van der Waals surface area contributed by atoms with Crippen molar-refractivity contribution in [2.75, 3.05) is 20.1 Å². The highest BCUT2D eigenvalue weighted by Crippen LogP contribution is 2.51. The summed E-state index contributed by atoms with van der Waals surface area (Å²) in [5.74, 6) is -1.91. The summed E-state index contributed by atoms with van der Waals surface area (Å²) in [4.78, 5) is 26.4. The molecule has 0 aromatic heterocycles. The van der Waals surface area contributed by atoms with E-state index in [1.165, 1.54) is 10.5 Å². The van der Waals surface area contributed by atoms with Crippen molar-refractivity contribution in [2.24, 2.45) is 11.8 Å². The average Bonchev–Trinajstić information content (AvgIpc) is 3.10. The van der Waals surface area contributed by atoms with Crippen LogP contribution in [0.2, 0.25) is 0 Å². The molecule has 2 fully saturated rings. The lowest BCUT2D eigenvalue weighted by atomic mass is 9.79. The van der Waals surface area contributed by atoms with Crippen LogP contribution in [0.25, 0.3) is 0 Å². The minimum atomic E-state index is -1.06. The van der Waals surface area contributed by atoms with E-state index in [1.54, 1.807) is 18.7 Å². The zero-order chi connectivity index (χ0) is 19.9. The van der Waals surface area contributed by atoms with E-state index < -0.39 is 18.0 Å². The fourth-order valence-corrected chi connectivity index (χ4v) is 5.98. The highest BCUT2D eigenvalue weighted by molar-refractivity contribution is 8.03. The van der Waals surface area contributed by atoms with Crippen LogP contribution in [-0.2, 0) is 9.59 Å². The van der Waals surface area contributed by atoms with Gasteiger partial charge in [0.25, 0.3) is 0 Å². The van der Waals surface area contributed by atoms with E-state index in [-0.39, 0.29) is 47.3 Å². The van der Waals surface area contributed by atoms with Gasteiger partial charge >= 0.3 is 5.97 Å². The van der Waals surface area contributed by atoms with Crippen LogP contribution in [0.15, 0.2) is 22.3 Å². The molecule has 3 heterocycles. The molecule has 0 radical (unpaired) electrons. The van der Waals surface area contributed by atoms with Crippen LogP contribution in [0.5, 0.6) is 0 Å². The van der Waals surface area contributed by atoms with Gasteiger partial charge in [-0.2, -0.15) is 0 Å². The molecule has 3 aliphatic rings.